The van der Waals surface area contributed by atoms with Crippen molar-refractivity contribution in [2.24, 2.45) is 5.11 Å². The maximum absolute atomic E-state index is 14.3. The fraction of sp³-hybridized carbons (Fsp3) is 0.300. The van der Waals surface area contributed by atoms with Crippen molar-refractivity contribution >= 4 is 44.1 Å². The summed E-state index contributed by atoms with van der Waals surface area (Å²) in [5, 5.41) is 3.68. The standard InChI is InChI=1S/C54H44N3O18P.C6H15N/c55-57-56-31-39-41(69-48(59)34-21-9-2-10-22-34)43(70-49(60)35-23-11-3-12-24-35)45(72-51(62)37-27-15-5-16-28-37)53(67-39)74-42-40(32-66-47(58)33-19-7-1-8-20-33)68-54(75-76(64)65)46(73-52(63)38-29-17-6-18-30-38)44(42)71-50(61)36-25-13-4-14-26-36;1-4-7(5-2)6-3/h1-30,39-46,53-54H,31-32H2;4-6H2,1-3H3/p+1/t39-,40-,41+,42-,43+,44+,45-,46+,53+,54-;/m1./s1. The maximum atomic E-state index is 14.3. The van der Waals surface area contributed by atoms with Gasteiger partial charge in [0, 0.05) is 4.91 Å². The highest BCUT2D eigenvalue weighted by Crippen LogP contribution is 2.38. The summed E-state index contributed by atoms with van der Waals surface area (Å²) in [7, 11) is -3.85. The van der Waals surface area contributed by atoms with Crippen molar-refractivity contribution in [1.82, 2.24) is 0 Å². The van der Waals surface area contributed by atoms with Crippen molar-refractivity contribution in [2.75, 3.05) is 32.8 Å². The summed E-state index contributed by atoms with van der Waals surface area (Å²) in [5.41, 5.74) is 9.56. The van der Waals surface area contributed by atoms with Crippen LogP contribution in [-0.4, -0.2) is 130 Å². The Morgan fingerprint density at radius 3 is 1.12 bits per heavy atom. The van der Waals surface area contributed by atoms with E-state index in [0.29, 0.717) is 0 Å². The SMILES string of the molecule is CC[NH+](CC)CC.[N-]=[N+]=NC[C@H]1O[C@@H](O[C@H]2[C@H](OC(=O)c3ccccc3)[C@H](OC(=O)c3ccccc3)[C@@H](O[P+](=O)[O-])O[C@@H]2COC(=O)c2ccccc2)[C@H](OC(=O)c2ccccc2)[C@@H](OC(=O)c2ccccc2)[C@H]1OC(=O)c1ccccc1. The summed E-state index contributed by atoms with van der Waals surface area (Å²) in [6.45, 7) is 8.97. The van der Waals surface area contributed by atoms with Crippen LogP contribution in [0.3, 0.4) is 0 Å². The first-order chi connectivity index (χ1) is 40.3. The minimum absolute atomic E-state index is 0.0148. The van der Waals surface area contributed by atoms with Gasteiger partial charge in [-0.1, -0.05) is 114 Å². The Morgan fingerprint density at radius 1 is 0.470 bits per heavy atom. The minimum atomic E-state index is -3.85. The molecule has 2 aliphatic heterocycles. The summed E-state index contributed by atoms with van der Waals surface area (Å²) in [6, 6.07) is 45.2. The molecule has 8 rings (SSSR count). The van der Waals surface area contributed by atoms with E-state index in [-0.39, 0.29) is 33.4 Å². The van der Waals surface area contributed by atoms with Crippen LogP contribution >= 0.6 is 8.25 Å². The van der Waals surface area contributed by atoms with Crippen molar-refractivity contribution in [2.45, 2.75) is 82.2 Å². The Labute approximate surface area is 478 Å². The molecule has 0 aliphatic carbocycles. The maximum Gasteiger partial charge on any atom is 0.491 e. The lowest BCUT2D eigenvalue weighted by Crippen LogP contribution is -3.11. The van der Waals surface area contributed by atoms with E-state index in [0.717, 1.165) is 0 Å². The molecule has 2 heterocycles. The fourth-order valence-electron chi connectivity index (χ4n) is 8.81. The molecular formula is C60H60N4O18P+. The quantitative estimate of drug-likeness (QED) is 0.0177. The normalized spacial score (nSPS) is 21.9. The molecule has 2 aliphatic rings. The van der Waals surface area contributed by atoms with Crippen LogP contribution in [0.15, 0.2) is 187 Å². The predicted molar refractivity (Wildman–Crippen MR) is 292 cm³/mol. The van der Waals surface area contributed by atoms with Crippen molar-refractivity contribution < 1.29 is 90.3 Å². The molecule has 0 amide bonds. The molecule has 6 aromatic carbocycles. The van der Waals surface area contributed by atoms with E-state index in [9.17, 15) is 43.8 Å². The van der Waals surface area contributed by atoms with E-state index in [1.54, 1.807) is 77.7 Å². The van der Waals surface area contributed by atoms with Gasteiger partial charge in [-0.25, -0.2) is 28.8 Å². The van der Waals surface area contributed by atoms with Gasteiger partial charge in [0.1, 0.15) is 24.9 Å². The van der Waals surface area contributed by atoms with E-state index in [1.807, 2.05) is 0 Å². The molecule has 1 unspecified atom stereocenters. The van der Waals surface area contributed by atoms with Crippen LogP contribution in [0.25, 0.3) is 10.4 Å². The van der Waals surface area contributed by atoms with E-state index >= 15 is 0 Å². The lowest BCUT2D eigenvalue weighted by molar-refractivity contribution is -0.894. The van der Waals surface area contributed by atoms with Gasteiger partial charge < -0.3 is 52.4 Å². The summed E-state index contributed by atoms with van der Waals surface area (Å²) >= 11 is 0. The fourth-order valence-corrected chi connectivity index (χ4v) is 9.15. The number of nitrogens with zero attached hydrogens (tertiary/aromatic N) is 3. The number of carbonyl (C=O) groups excluding carboxylic acids is 6. The molecule has 2 saturated heterocycles. The molecule has 0 bridgehead atoms. The zero-order chi connectivity index (χ0) is 59.1. The Hall–Kier alpha value is -8.69. The zero-order valence-corrected chi connectivity index (χ0v) is 46.2. The van der Waals surface area contributed by atoms with Gasteiger partial charge in [0.25, 0.3) is 6.29 Å². The number of hydrogen-bond acceptors (Lipinski definition) is 19. The second-order valence-corrected chi connectivity index (χ2v) is 19.0. The van der Waals surface area contributed by atoms with Gasteiger partial charge in [0.2, 0.25) is 0 Å². The Bertz CT molecular complexity index is 3120. The van der Waals surface area contributed by atoms with Crippen LogP contribution in [-0.2, 0) is 51.7 Å². The van der Waals surface area contributed by atoms with Gasteiger partial charge in [-0.05, 0) is 104 Å². The number of nitrogens with one attached hydrogen (secondary N) is 1. The molecule has 22 nitrogen and oxygen atoms in total. The third-order valence-corrected chi connectivity index (χ3v) is 13.5. The predicted octanol–water partition coefficient (Wildman–Crippen LogP) is 7.08. The number of esters is 6. The molecular weight excluding hydrogens is 1100 g/mol. The largest absolute Gasteiger partial charge is 0.566 e. The number of benzene rings is 6. The van der Waals surface area contributed by atoms with Crippen LogP contribution in [0.5, 0.6) is 0 Å². The van der Waals surface area contributed by atoms with Crippen LogP contribution in [0.4, 0.5) is 0 Å². The van der Waals surface area contributed by atoms with E-state index in [4.69, 9.17) is 47.2 Å². The van der Waals surface area contributed by atoms with Gasteiger partial charge in [-0.15, -0.1) is 4.52 Å². The van der Waals surface area contributed by atoms with Gasteiger partial charge >= 0.3 is 44.1 Å². The first-order valence-electron chi connectivity index (χ1n) is 26.5. The smallest absolute Gasteiger partial charge is 0.491 e. The number of ether oxygens (including phenoxy) is 9. The van der Waals surface area contributed by atoms with Gasteiger partial charge in [-0.3, -0.25) is 0 Å². The number of azide groups is 1. The summed E-state index contributed by atoms with van der Waals surface area (Å²) in [4.78, 5) is 101. The topological polar surface area (TPSA) is 288 Å². The lowest BCUT2D eigenvalue weighted by Gasteiger charge is -2.48. The second kappa shape index (κ2) is 31.5. The molecule has 0 radical (unpaired) electrons. The number of quaternary nitrogens is 1. The van der Waals surface area contributed by atoms with Crippen molar-refractivity contribution in [3.8, 4) is 0 Å². The highest BCUT2D eigenvalue weighted by atomic mass is 31.1. The molecule has 11 atom stereocenters. The van der Waals surface area contributed by atoms with Crippen molar-refractivity contribution in [3.05, 3.63) is 226 Å². The van der Waals surface area contributed by atoms with Crippen LogP contribution in [0.1, 0.15) is 82.9 Å². The Morgan fingerprint density at radius 2 is 0.783 bits per heavy atom. The lowest BCUT2D eigenvalue weighted by atomic mass is 9.95. The first-order valence-corrected chi connectivity index (χ1v) is 27.6. The van der Waals surface area contributed by atoms with Gasteiger partial charge in [0.05, 0.1) is 59.6 Å². The molecule has 2 fully saturated rings. The van der Waals surface area contributed by atoms with Crippen molar-refractivity contribution in [3.63, 3.8) is 0 Å². The van der Waals surface area contributed by atoms with E-state index in [2.05, 4.69) is 30.8 Å². The van der Waals surface area contributed by atoms with E-state index < -0.39 is 119 Å². The molecule has 1 N–H and O–H groups in total. The number of rotatable bonds is 22. The molecule has 83 heavy (non-hydrogen) atoms. The average Bonchev–Trinajstić information content (AvgIpc) is 3.34. The summed E-state index contributed by atoms with van der Waals surface area (Å²) in [5.74, 6) is -6.17. The van der Waals surface area contributed by atoms with Crippen LogP contribution < -0.4 is 9.79 Å². The minimum Gasteiger partial charge on any atom is -0.566 e. The van der Waals surface area contributed by atoms with Crippen molar-refractivity contribution in [1.29, 1.82) is 0 Å². The number of carbonyl (C=O) groups is 6. The third kappa shape index (κ3) is 17.4. The van der Waals surface area contributed by atoms with E-state index in [1.165, 1.54) is 129 Å². The molecule has 0 spiro atoms. The van der Waals surface area contributed by atoms with Crippen LogP contribution in [0.2, 0.25) is 0 Å². The summed E-state index contributed by atoms with van der Waals surface area (Å²) < 4.78 is 73.3. The monoisotopic (exact) mass is 1160 g/mol. The first kappa shape index (κ1) is 61.9. The second-order valence-electron chi connectivity index (χ2n) is 18.4. The highest BCUT2D eigenvalue weighted by molar-refractivity contribution is 7.30. The molecule has 23 heteroatoms. The summed E-state index contributed by atoms with van der Waals surface area (Å²) in [6.07, 6.45) is -19.5. The third-order valence-electron chi connectivity index (χ3n) is 13.1. The highest BCUT2D eigenvalue weighted by Gasteiger charge is 2.59. The Kier molecular flexibility index (Phi) is 23.5. The molecule has 6 aromatic rings. The van der Waals surface area contributed by atoms with Gasteiger partial charge in [-0.2, -0.15) is 0 Å². The van der Waals surface area contributed by atoms with Crippen LogP contribution in [0, 0.1) is 0 Å². The number of hydrogen-bond donors (Lipinski definition) is 1. The molecule has 0 aromatic heterocycles. The average molecular weight is 1160 g/mol. The van der Waals surface area contributed by atoms with Gasteiger partial charge in [0.15, 0.2) is 36.8 Å². The molecule has 432 valence electrons. The zero-order valence-electron chi connectivity index (χ0n) is 45.3. The Balaban J connectivity index is 0.00000133. The molecule has 0 saturated carbocycles.